The summed E-state index contributed by atoms with van der Waals surface area (Å²) in [6.07, 6.45) is 5.44. The third-order valence-electron chi connectivity index (χ3n) is 1.69. The normalized spacial score (nSPS) is 10.3. The van der Waals surface area contributed by atoms with Gasteiger partial charge in [-0.25, -0.2) is 0 Å². The van der Waals surface area contributed by atoms with Crippen molar-refractivity contribution in [3.63, 3.8) is 0 Å². The van der Waals surface area contributed by atoms with Crippen molar-refractivity contribution in [3.8, 4) is 0 Å². The smallest absolute Gasteiger partial charge is 0.240 e. The lowest BCUT2D eigenvalue weighted by atomic mass is 10.4. The van der Waals surface area contributed by atoms with E-state index in [4.69, 9.17) is 0 Å². The molecular weight excluding hydrogens is 152 g/mol. The van der Waals surface area contributed by atoms with Gasteiger partial charge in [-0.1, -0.05) is 19.9 Å². The van der Waals surface area contributed by atoms with Gasteiger partial charge in [0.2, 0.25) is 5.91 Å². The summed E-state index contributed by atoms with van der Waals surface area (Å²) in [7, 11) is 3.63. The van der Waals surface area contributed by atoms with Crippen LogP contribution in [0.2, 0.25) is 0 Å². The highest BCUT2D eigenvalue weighted by Crippen LogP contribution is 1.96. The van der Waals surface area contributed by atoms with Gasteiger partial charge in [-0.2, -0.15) is 0 Å². The zero-order chi connectivity index (χ0) is 9.56. The standard InChI is InChI=1S/C9H18N2O/c1-5-7-8-10(3)11(4)9(12)6-2/h7-8H,5-6H2,1-4H3/b8-7+. The minimum atomic E-state index is 0.123. The van der Waals surface area contributed by atoms with Crippen LogP contribution in [-0.4, -0.2) is 30.0 Å². The van der Waals surface area contributed by atoms with Gasteiger partial charge in [-0.3, -0.25) is 14.8 Å². The fourth-order valence-electron chi connectivity index (χ4n) is 0.763. The van der Waals surface area contributed by atoms with E-state index in [2.05, 4.69) is 6.92 Å². The number of nitrogens with zero attached hydrogens (tertiary/aromatic N) is 2. The molecule has 0 aliphatic heterocycles. The highest BCUT2D eigenvalue weighted by atomic mass is 16.2. The third-order valence-corrected chi connectivity index (χ3v) is 1.69. The maximum atomic E-state index is 11.2. The van der Waals surface area contributed by atoms with Crippen LogP contribution in [0.15, 0.2) is 12.3 Å². The minimum absolute atomic E-state index is 0.123. The van der Waals surface area contributed by atoms with E-state index in [1.54, 1.807) is 17.1 Å². The molecule has 0 aromatic heterocycles. The Kier molecular flexibility index (Phi) is 5.17. The molecule has 0 saturated heterocycles. The Bertz CT molecular complexity index is 166. The number of carbonyl (C=O) groups excluding carboxylic acids is 1. The number of amides is 1. The molecular formula is C9H18N2O. The Hall–Kier alpha value is -0.990. The Balaban J connectivity index is 4.00. The van der Waals surface area contributed by atoms with E-state index in [1.165, 1.54) is 0 Å². The van der Waals surface area contributed by atoms with Gasteiger partial charge >= 0.3 is 0 Å². The van der Waals surface area contributed by atoms with Crippen LogP contribution in [0, 0.1) is 0 Å². The van der Waals surface area contributed by atoms with Crippen molar-refractivity contribution in [2.24, 2.45) is 0 Å². The van der Waals surface area contributed by atoms with Crippen molar-refractivity contribution >= 4 is 5.91 Å². The predicted molar refractivity (Wildman–Crippen MR) is 50.3 cm³/mol. The van der Waals surface area contributed by atoms with Crippen LogP contribution in [0.1, 0.15) is 26.7 Å². The van der Waals surface area contributed by atoms with Crippen LogP contribution >= 0.6 is 0 Å². The van der Waals surface area contributed by atoms with E-state index in [0.717, 1.165) is 6.42 Å². The zero-order valence-corrected chi connectivity index (χ0v) is 8.37. The largest absolute Gasteiger partial charge is 0.294 e. The Labute approximate surface area is 74.6 Å². The molecule has 0 aliphatic carbocycles. The van der Waals surface area contributed by atoms with E-state index >= 15 is 0 Å². The molecule has 0 radical (unpaired) electrons. The van der Waals surface area contributed by atoms with Crippen molar-refractivity contribution in [2.45, 2.75) is 26.7 Å². The topological polar surface area (TPSA) is 23.6 Å². The van der Waals surface area contributed by atoms with Crippen molar-refractivity contribution in [2.75, 3.05) is 14.1 Å². The molecule has 0 aromatic rings. The minimum Gasteiger partial charge on any atom is -0.294 e. The fourth-order valence-corrected chi connectivity index (χ4v) is 0.763. The highest BCUT2D eigenvalue weighted by molar-refractivity contribution is 5.74. The summed E-state index contributed by atoms with van der Waals surface area (Å²) < 4.78 is 0. The first-order chi connectivity index (χ1) is 5.63. The second kappa shape index (κ2) is 5.63. The second-order valence-electron chi connectivity index (χ2n) is 2.64. The molecule has 0 N–H and O–H groups in total. The lowest BCUT2D eigenvalue weighted by Gasteiger charge is -2.26. The number of hydrogen-bond acceptors (Lipinski definition) is 2. The lowest BCUT2D eigenvalue weighted by molar-refractivity contribution is -0.139. The maximum absolute atomic E-state index is 11.2. The first-order valence-electron chi connectivity index (χ1n) is 4.29. The molecule has 0 bridgehead atoms. The van der Waals surface area contributed by atoms with Gasteiger partial charge in [-0.05, 0) is 6.42 Å². The molecule has 0 atom stereocenters. The van der Waals surface area contributed by atoms with Gasteiger partial charge < -0.3 is 0 Å². The van der Waals surface area contributed by atoms with Gasteiger partial charge in [0.1, 0.15) is 0 Å². The molecule has 0 aliphatic rings. The summed E-state index contributed by atoms with van der Waals surface area (Å²) in [5.74, 6) is 0.123. The molecule has 0 aromatic carbocycles. The Morgan fingerprint density at radius 1 is 1.33 bits per heavy atom. The van der Waals surface area contributed by atoms with E-state index in [1.807, 2.05) is 26.2 Å². The van der Waals surface area contributed by atoms with Gasteiger partial charge in [0.25, 0.3) is 0 Å². The maximum Gasteiger partial charge on any atom is 0.240 e. The van der Waals surface area contributed by atoms with E-state index in [0.29, 0.717) is 6.42 Å². The average molecular weight is 170 g/mol. The summed E-state index contributed by atoms with van der Waals surface area (Å²) in [5, 5.41) is 3.39. The van der Waals surface area contributed by atoms with Crippen LogP contribution in [-0.2, 0) is 4.79 Å². The molecule has 70 valence electrons. The van der Waals surface area contributed by atoms with Crippen molar-refractivity contribution in [1.82, 2.24) is 10.0 Å². The quantitative estimate of drug-likeness (QED) is 0.599. The molecule has 12 heavy (non-hydrogen) atoms. The van der Waals surface area contributed by atoms with Crippen molar-refractivity contribution < 1.29 is 4.79 Å². The molecule has 0 heterocycles. The van der Waals surface area contributed by atoms with Gasteiger partial charge in [0.15, 0.2) is 0 Å². The molecule has 1 amide bonds. The summed E-state index contributed by atoms with van der Waals surface area (Å²) >= 11 is 0. The average Bonchev–Trinajstić information content (AvgIpc) is 2.11. The first-order valence-corrected chi connectivity index (χ1v) is 4.29. The van der Waals surface area contributed by atoms with Crippen LogP contribution < -0.4 is 0 Å². The summed E-state index contributed by atoms with van der Waals surface area (Å²) in [6, 6.07) is 0. The monoisotopic (exact) mass is 170 g/mol. The summed E-state index contributed by atoms with van der Waals surface area (Å²) in [4.78, 5) is 11.2. The molecule has 3 nitrogen and oxygen atoms in total. The van der Waals surface area contributed by atoms with Gasteiger partial charge in [0, 0.05) is 26.7 Å². The first kappa shape index (κ1) is 11.0. The zero-order valence-electron chi connectivity index (χ0n) is 8.37. The number of allylic oxidation sites excluding steroid dienone is 1. The molecule has 0 spiro atoms. The summed E-state index contributed by atoms with van der Waals surface area (Å²) in [5.41, 5.74) is 0. The SMILES string of the molecule is CC/C=C/N(C)N(C)C(=O)CC. The Morgan fingerprint density at radius 2 is 1.92 bits per heavy atom. The molecule has 3 heteroatoms. The second-order valence-corrected chi connectivity index (χ2v) is 2.64. The van der Waals surface area contributed by atoms with E-state index in [-0.39, 0.29) is 5.91 Å². The van der Waals surface area contributed by atoms with Crippen molar-refractivity contribution in [1.29, 1.82) is 0 Å². The summed E-state index contributed by atoms with van der Waals surface area (Å²) in [6.45, 7) is 3.92. The van der Waals surface area contributed by atoms with Gasteiger partial charge in [0.05, 0.1) is 0 Å². The van der Waals surface area contributed by atoms with E-state index in [9.17, 15) is 4.79 Å². The van der Waals surface area contributed by atoms with Gasteiger partial charge in [-0.15, -0.1) is 0 Å². The fraction of sp³-hybridized carbons (Fsp3) is 0.667. The van der Waals surface area contributed by atoms with Crippen molar-refractivity contribution in [3.05, 3.63) is 12.3 Å². The van der Waals surface area contributed by atoms with Crippen LogP contribution in [0.4, 0.5) is 0 Å². The van der Waals surface area contributed by atoms with E-state index < -0.39 is 0 Å². The number of hydrazine groups is 1. The molecule has 0 saturated carbocycles. The predicted octanol–water partition coefficient (Wildman–Crippen LogP) is 1.63. The third kappa shape index (κ3) is 3.42. The molecule has 0 unspecified atom stereocenters. The van der Waals surface area contributed by atoms with Crippen LogP contribution in [0.3, 0.4) is 0 Å². The number of rotatable bonds is 4. The van der Waals surface area contributed by atoms with Crippen LogP contribution in [0.25, 0.3) is 0 Å². The van der Waals surface area contributed by atoms with Crippen LogP contribution in [0.5, 0.6) is 0 Å². The Morgan fingerprint density at radius 3 is 2.33 bits per heavy atom. The highest BCUT2D eigenvalue weighted by Gasteiger charge is 2.06. The number of hydrogen-bond donors (Lipinski definition) is 0. The molecule has 0 fully saturated rings. The number of carbonyl (C=O) groups is 1. The lowest BCUT2D eigenvalue weighted by Crippen LogP contribution is -2.37. The molecule has 0 rings (SSSR count).